The van der Waals surface area contributed by atoms with Gasteiger partial charge in [-0.05, 0) is 51.3 Å². The zero-order chi connectivity index (χ0) is 14.7. The molecule has 1 aromatic heterocycles. The van der Waals surface area contributed by atoms with Crippen LogP contribution in [0.2, 0.25) is 0 Å². The minimum Gasteiger partial charge on any atom is -0.357 e. The van der Waals surface area contributed by atoms with Gasteiger partial charge in [-0.3, -0.25) is 4.79 Å². The Morgan fingerprint density at radius 3 is 2.81 bits per heavy atom. The van der Waals surface area contributed by atoms with Crippen molar-refractivity contribution in [3.05, 3.63) is 23.9 Å². The Kier molecular flexibility index (Phi) is 4.39. The normalized spacial score (nSPS) is 25.9. The Hall–Kier alpha value is -1.62. The third kappa shape index (κ3) is 3.35. The first kappa shape index (κ1) is 14.3. The van der Waals surface area contributed by atoms with Gasteiger partial charge >= 0.3 is 0 Å². The summed E-state index contributed by atoms with van der Waals surface area (Å²) < 4.78 is 0. The molecule has 21 heavy (non-hydrogen) atoms. The Morgan fingerprint density at radius 2 is 2.14 bits per heavy atom. The molecule has 5 heteroatoms. The molecular formula is C16H24N4O. The number of nitrogens with zero attached hydrogens (tertiary/aromatic N) is 2. The van der Waals surface area contributed by atoms with Gasteiger partial charge in [0.2, 0.25) is 0 Å². The number of carbonyl (C=O) groups excluding carboxylic acids is 1. The highest BCUT2D eigenvalue weighted by Gasteiger charge is 2.23. The van der Waals surface area contributed by atoms with Crippen molar-refractivity contribution in [2.45, 2.75) is 44.7 Å². The average Bonchev–Trinajstić information content (AvgIpc) is 3.04. The molecule has 2 atom stereocenters. The fourth-order valence-electron chi connectivity index (χ4n) is 3.15. The maximum atomic E-state index is 12.3. The molecule has 114 valence electrons. The lowest BCUT2D eigenvalue weighted by Crippen LogP contribution is -2.51. The summed E-state index contributed by atoms with van der Waals surface area (Å²) in [5, 5.41) is 6.52. The molecule has 3 heterocycles. The van der Waals surface area contributed by atoms with Gasteiger partial charge in [-0.1, -0.05) is 0 Å². The Morgan fingerprint density at radius 1 is 1.33 bits per heavy atom. The molecule has 0 aliphatic carbocycles. The van der Waals surface area contributed by atoms with E-state index >= 15 is 0 Å². The van der Waals surface area contributed by atoms with E-state index in [0.29, 0.717) is 11.6 Å². The second-order valence-electron chi connectivity index (χ2n) is 6.06. The fourth-order valence-corrected chi connectivity index (χ4v) is 3.15. The van der Waals surface area contributed by atoms with Crippen LogP contribution in [0.5, 0.6) is 0 Å². The van der Waals surface area contributed by atoms with Gasteiger partial charge in [0.1, 0.15) is 5.82 Å². The van der Waals surface area contributed by atoms with E-state index in [0.717, 1.165) is 38.3 Å². The standard InChI is InChI=1S/C16H24N4O/c1-12-14(5-4-8-17-12)19-16(21)13-6-7-15(18-11-13)20-9-2-3-10-20/h6-7,11-12,14,17H,2-5,8-10H2,1H3,(H,19,21). The van der Waals surface area contributed by atoms with Crippen LogP contribution < -0.4 is 15.5 Å². The highest BCUT2D eigenvalue weighted by atomic mass is 16.1. The molecule has 3 rings (SSSR count). The number of amides is 1. The van der Waals surface area contributed by atoms with Crippen molar-refractivity contribution in [3.8, 4) is 0 Å². The van der Waals surface area contributed by atoms with Crippen LogP contribution in [0, 0.1) is 0 Å². The summed E-state index contributed by atoms with van der Waals surface area (Å²) in [6.07, 6.45) is 6.32. The Balaban J connectivity index is 1.61. The molecule has 1 aromatic rings. The van der Waals surface area contributed by atoms with Crippen molar-refractivity contribution in [1.82, 2.24) is 15.6 Å². The summed E-state index contributed by atoms with van der Waals surface area (Å²) in [5.74, 6) is 0.966. The van der Waals surface area contributed by atoms with E-state index in [9.17, 15) is 4.79 Å². The number of piperidine rings is 1. The van der Waals surface area contributed by atoms with Crippen LogP contribution in [0.25, 0.3) is 0 Å². The summed E-state index contributed by atoms with van der Waals surface area (Å²) in [6, 6.07) is 4.39. The van der Waals surface area contributed by atoms with Crippen LogP contribution in [-0.4, -0.2) is 42.6 Å². The van der Waals surface area contributed by atoms with Gasteiger partial charge in [0.05, 0.1) is 5.56 Å². The van der Waals surface area contributed by atoms with E-state index in [1.165, 1.54) is 12.8 Å². The number of hydrogen-bond donors (Lipinski definition) is 2. The lowest BCUT2D eigenvalue weighted by atomic mass is 9.99. The van der Waals surface area contributed by atoms with E-state index in [1.807, 2.05) is 12.1 Å². The molecular weight excluding hydrogens is 264 g/mol. The molecule has 2 N–H and O–H groups in total. The van der Waals surface area contributed by atoms with Crippen molar-refractivity contribution in [1.29, 1.82) is 0 Å². The van der Waals surface area contributed by atoms with E-state index in [2.05, 4.69) is 27.4 Å². The van der Waals surface area contributed by atoms with E-state index in [4.69, 9.17) is 0 Å². The third-order valence-electron chi connectivity index (χ3n) is 4.52. The molecule has 2 aliphatic heterocycles. The topological polar surface area (TPSA) is 57.3 Å². The number of nitrogens with one attached hydrogen (secondary N) is 2. The molecule has 2 fully saturated rings. The quantitative estimate of drug-likeness (QED) is 0.886. The maximum absolute atomic E-state index is 12.3. The summed E-state index contributed by atoms with van der Waals surface area (Å²) >= 11 is 0. The maximum Gasteiger partial charge on any atom is 0.253 e. The minimum atomic E-state index is -0.0176. The molecule has 1 amide bonds. The van der Waals surface area contributed by atoms with Crippen molar-refractivity contribution >= 4 is 11.7 Å². The largest absolute Gasteiger partial charge is 0.357 e. The predicted octanol–water partition coefficient (Wildman–Crippen LogP) is 1.55. The summed E-state index contributed by atoms with van der Waals surface area (Å²) in [7, 11) is 0. The zero-order valence-corrected chi connectivity index (χ0v) is 12.6. The summed E-state index contributed by atoms with van der Waals surface area (Å²) in [4.78, 5) is 19.0. The molecule has 2 saturated heterocycles. The second kappa shape index (κ2) is 6.43. The molecule has 2 unspecified atom stereocenters. The monoisotopic (exact) mass is 288 g/mol. The minimum absolute atomic E-state index is 0.0176. The zero-order valence-electron chi connectivity index (χ0n) is 12.6. The van der Waals surface area contributed by atoms with Crippen LogP contribution in [0.1, 0.15) is 43.0 Å². The first-order valence-corrected chi connectivity index (χ1v) is 7.99. The average molecular weight is 288 g/mol. The van der Waals surface area contributed by atoms with Crippen molar-refractivity contribution < 1.29 is 4.79 Å². The first-order chi connectivity index (χ1) is 10.2. The van der Waals surface area contributed by atoms with Gasteiger partial charge in [-0.25, -0.2) is 4.98 Å². The van der Waals surface area contributed by atoms with E-state index in [1.54, 1.807) is 6.20 Å². The number of hydrogen-bond acceptors (Lipinski definition) is 4. The van der Waals surface area contributed by atoms with Gasteiger partial charge < -0.3 is 15.5 Å². The predicted molar refractivity (Wildman–Crippen MR) is 83.6 cm³/mol. The molecule has 0 radical (unpaired) electrons. The number of aromatic nitrogens is 1. The fraction of sp³-hybridized carbons (Fsp3) is 0.625. The molecule has 0 aromatic carbocycles. The van der Waals surface area contributed by atoms with Gasteiger partial charge in [0.25, 0.3) is 5.91 Å². The van der Waals surface area contributed by atoms with E-state index < -0.39 is 0 Å². The molecule has 0 bridgehead atoms. The lowest BCUT2D eigenvalue weighted by molar-refractivity contribution is 0.0919. The Bertz CT molecular complexity index is 482. The van der Waals surface area contributed by atoms with Crippen LogP contribution in [0.3, 0.4) is 0 Å². The number of pyridine rings is 1. The Labute approximate surface area is 126 Å². The second-order valence-corrected chi connectivity index (χ2v) is 6.06. The number of carbonyl (C=O) groups is 1. The molecule has 0 spiro atoms. The van der Waals surface area contributed by atoms with Crippen LogP contribution in [0.4, 0.5) is 5.82 Å². The van der Waals surface area contributed by atoms with E-state index in [-0.39, 0.29) is 11.9 Å². The highest BCUT2D eigenvalue weighted by Crippen LogP contribution is 2.17. The third-order valence-corrected chi connectivity index (χ3v) is 4.52. The van der Waals surface area contributed by atoms with Crippen LogP contribution in [0.15, 0.2) is 18.3 Å². The number of rotatable bonds is 3. The lowest BCUT2D eigenvalue weighted by Gasteiger charge is -2.30. The van der Waals surface area contributed by atoms with Gasteiger partial charge in [0, 0.05) is 31.4 Å². The van der Waals surface area contributed by atoms with Crippen LogP contribution in [-0.2, 0) is 0 Å². The van der Waals surface area contributed by atoms with Gasteiger partial charge in [0.15, 0.2) is 0 Å². The van der Waals surface area contributed by atoms with Crippen LogP contribution >= 0.6 is 0 Å². The van der Waals surface area contributed by atoms with Crippen molar-refractivity contribution in [2.75, 3.05) is 24.5 Å². The number of anilines is 1. The molecule has 0 saturated carbocycles. The highest BCUT2D eigenvalue weighted by molar-refractivity contribution is 5.94. The van der Waals surface area contributed by atoms with Gasteiger partial charge in [-0.2, -0.15) is 0 Å². The van der Waals surface area contributed by atoms with Crippen molar-refractivity contribution in [2.24, 2.45) is 0 Å². The SMILES string of the molecule is CC1NCCCC1NC(=O)c1ccc(N2CCCC2)nc1. The van der Waals surface area contributed by atoms with Crippen molar-refractivity contribution in [3.63, 3.8) is 0 Å². The molecule has 2 aliphatic rings. The van der Waals surface area contributed by atoms with Gasteiger partial charge in [-0.15, -0.1) is 0 Å². The first-order valence-electron chi connectivity index (χ1n) is 7.99. The summed E-state index contributed by atoms with van der Waals surface area (Å²) in [6.45, 7) is 5.31. The smallest absolute Gasteiger partial charge is 0.253 e. The summed E-state index contributed by atoms with van der Waals surface area (Å²) in [5.41, 5.74) is 0.649. The molecule has 5 nitrogen and oxygen atoms in total.